The Hall–Kier alpha value is -2.62. The van der Waals surface area contributed by atoms with Crippen molar-refractivity contribution in [2.24, 2.45) is 0 Å². The maximum atomic E-state index is 9.47. The molecule has 2 heterocycles. The van der Waals surface area contributed by atoms with E-state index in [0.29, 0.717) is 11.3 Å². The van der Waals surface area contributed by atoms with Gasteiger partial charge in [0.15, 0.2) is 12.4 Å². The predicted molar refractivity (Wildman–Crippen MR) is 65.3 cm³/mol. The molecule has 3 aromatic rings. The van der Waals surface area contributed by atoms with Crippen molar-refractivity contribution in [2.45, 2.75) is 0 Å². The molecular weight excluding hydrogens is 228 g/mol. The van der Waals surface area contributed by atoms with Gasteiger partial charge in [-0.3, -0.25) is 5.41 Å². The highest BCUT2D eigenvalue weighted by Crippen LogP contribution is 2.19. The number of phenolic OH excluding ortho intramolecular Hbond substituents is 1. The van der Waals surface area contributed by atoms with Crippen molar-refractivity contribution in [2.75, 3.05) is 0 Å². The third kappa shape index (κ3) is 1.73. The van der Waals surface area contributed by atoms with E-state index in [1.807, 2.05) is 36.7 Å². The summed E-state index contributed by atoms with van der Waals surface area (Å²) in [6.07, 6.45) is 3.69. The van der Waals surface area contributed by atoms with Crippen LogP contribution < -0.4 is 10.1 Å². The number of benzene rings is 1. The molecule has 0 aliphatic rings. The average Bonchev–Trinajstić information content (AvgIpc) is 2.39. The molecule has 18 heavy (non-hydrogen) atoms. The first-order chi connectivity index (χ1) is 8.74. The van der Waals surface area contributed by atoms with Gasteiger partial charge in [0.1, 0.15) is 11.3 Å². The molecule has 2 aromatic heterocycles. The van der Waals surface area contributed by atoms with Crippen molar-refractivity contribution < 1.29 is 14.1 Å². The van der Waals surface area contributed by atoms with Gasteiger partial charge in [-0.05, 0) is 18.2 Å². The molecule has 0 fully saturated rings. The third-order valence-corrected chi connectivity index (χ3v) is 2.72. The molecule has 0 unspecified atom stereocenters. The van der Waals surface area contributed by atoms with Gasteiger partial charge in [0.25, 0.3) is 11.2 Å². The van der Waals surface area contributed by atoms with Crippen LogP contribution in [0.5, 0.6) is 5.75 Å². The first-order valence-electron chi connectivity index (χ1n) is 5.52. The van der Waals surface area contributed by atoms with Crippen molar-refractivity contribution in [3.63, 3.8) is 0 Å². The predicted octanol–water partition coefficient (Wildman–Crippen LogP) is 1.89. The Morgan fingerprint density at radius 2 is 1.83 bits per heavy atom. The molecule has 0 aliphatic carbocycles. The van der Waals surface area contributed by atoms with Crippen molar-refractivity contribution in [1.82, 2.24) is 0 Å². The van der Waals surface area contributed by atoms with Crippen LogP contribution in [0.15, 0.2) is 59.3 Å². The quantitative estimate of drug-likeness (QED) is 0.637. The highest BCUT2D eigenvalue weighted by molar-refractivity contribution is 5.79. The number of nitrogens with one attached hydrogen (secondary N) is 1. The van der Waals surface area contributed by atoms with E-state index >= 15 is 0 Å². The van der Waals surface area contributed by atoms with Crippen LogP contribution in [0, 0.1) is 5.41 Å². The van der Waals surface area contributed by atoms with E-state index in [1.54, 1.807) is 22.8 Å². The van der Waals surface area contributed by atoms with Gasteiger partial charge in [-0.2, -0.15) is 4.57 Å². The molecule has 0 amide bonds. The second-order valence-corrected chi connectivity index (χ2v) is 3.97. The smallest absolute Gasteiger partial charge is 0.286 e. The van der Waals surface area contributed by atoms with Gasteiger partial charge in [-0.25, -0.2) is 0 Å². The fourth-order valence-corrected chi connectivity index (χ4v) is 1.87. The van der Waals surface area contributed by atoms with Gasteiger partial charge in [0.2, 0.25) is 0 Å². The molecule has 2 N–H and O–H groups in total. The van der Waals surface area contributed by atoms with Crippen molar-refractivity contribution in [1.29, 1.82) is 5.41 Å². The number of hydrogen-bond donors (Lipinski definition) is 2. The van der Waals surface area contributed by atoms with Gasteiger partial charge < -0.3 is 9.52 Å². The number of hydrogen-bond acceptors (Lipinski definition) is 3. The monoisotopic (exact) mass is 239 g/mol. The molecule has 0 saturated heterocycles. The van der Waals surface area contributed by atoms with E-state index in [2.05, 4.69) is 0 Å². The van der Waals surface area contributed by atoms with Gasteiger partial charge in [-0.15, -0.1) is 0 Å². The Labute approximate surface area is 103 Å². The molecule has 0 radical (unpaired) electrons. The zero-order chi connectivity index (χ0) is 12.5. The summed E-state index contributed by atoms with van der Waals surface area (Å²) in [5.41, 5.74) is 1.30. The van der Waals surface area contributed by atoms with Gasteiger partial charge in [0.05, 0.1) is 0 Å². The molecule has 0 saturated carbocycles. The number of aromatic nitrogens is 1. The lowest BCUT2D eigenvalue weighted by Crippen LogP contribution is -2.35. The van der Waals surface area contributed by atoms with Gasteiger partial charge in [-0.1, -0.05) is 6.07 Å². The Balaban J connectivity index is 2.31. The van der Waals surface area contributed by atoms with Crippen LogP contribution in [0.3, 0.4) is 0 Å². The Morgan fingerprint density at radius 3 is 2.61 bits per heavy atom. The van der Waals surface area contributed by atoms with E-state index in [4.69, 9.17) is 9.83 Å². The van der Waals surface area contributed by atoms with Crippen LogP contribution in [-0.2, 0) is 0 Å². The Bertz CT molecular complexity index is 764. The fraction of sp³-hybridized carbons (Fsp3) is 0. The lowest BCUT2D eigenvalue weighted by Gasteiger charge is -2.00. The number of phenols is 1. The topological polar surface area (TPSA) is 61.1 Å². The Morgan fingerprint density at radius 1 is 1.06 bits per heavy atom. The molecule has 1 aromatic carbocycles. The fourth-order valence-electron chi connectivity index (χ4n) is 1.87. The molecule has 88 valence electrons. The molecule has 4 nitrogen and oxygen atoms in total. The standard InChI is InChI=1S/C14H10N2O2/c15-14-12(16-6-2-1-3-7-16)9-10-8-11(17)4-5-13(10)18-14/h1-9,15H/p+1. The summed E-state index contributed by atoms with van der Waals surface area (Å²) in [7, 11) is 0. The number of fused-ring (bicyclic) bond motifs is 1. The average molecular weight is 239 g/mol. The minimum atomic E-state index is 0.0874. The van der Waals surface area contributed by atoms with Crippen LogP contribution >= 0.6 is 0 Å². The maximum absolute atomic E-state index is 9.47. The Kier molecular flexibility index (Phi) is 2.34. The summed E-state index contributed by atoms with van der Waals surface area (Å²) in [5, 5.41) is 18.1. The maximum Gasteiger partial charge on any atom is 0.286 e. The summed E-state index contributed by atoms with van der Waals surface area (Å²) in [6, 6.07) is 12.3. The lowest BCUT2D eigenvalue weighted by atomic mass is 10.2. The lowest BCUT2D eigenvalue weighted by molar-refractivity contribution is -0.597. The summed E-state index contributed by atoms with van der Waals surface area (Å²) in [6.45, 7) is 0. The normalized spacial score (nSPS) is 10.7. The molecule has 0 atom stereocenters. The molecule has 0 bridgehead atoms. The number of nitrogens with zero attached hydrogens (tertiary/aromatic N) is 1. The first-order valence-corrected chi connectivity index (χ1v) is 5.52. The molecular formula is C14H11N2O2+. The van der Waals surface area contributed by atoms with E-state index < -0.39 is 0 Å². The van der Waals surface area contributed by atoms with Gasteiger partial charge >= 0.3 is 0 Å². The van der Waals surface area contributed by atoms with Crippen molar-refractivity contribution >= 4 is 11.0 Å². The minimum Gasteiger partial charge on any atom is -0.508 e. The second kappa shape index (κ2) is 4.00. The number of aromatic hydroxyl groups is 1. The second-order valence-electron chi connectivity index (χ2n) is 3.97. The molecule has 3 rings (SSSR count). The van der Waals surface area contributed by atoms with Crippen LogP contribution in [-0.4, -0.2) is 5.11 Å². The summed E-state index contributed by atoms with van der Waals surface area (Å²) in [4.78, 5) is 0. The zero-order valence-corrected chi connectivity index (χ0v) is 9.50. The van der Waals surface area contributed by atoms with Crippen LogP contribution in [0.25, 0.3) is 16.7 Å². The van der Waals surface area contributed by atoms with Gasteiger partial charge in [0, 0.05) is 23.6 Å². The number of rotatable bonds is 1. The largest absolute Gasteiger partial charge is 0.508 e. The van der Waals surface area contributed by atoms with Crippen LogP contribution in [0.2, 0.25) is 0 Å². The molecule has 0 spiro atoms. The third-order valence-electron chi connectivity index (χ3n) is 2.72. The molecule has 0 aliphatic heterocycles. The van der Waals surface area contributed by atoms with E-state index in [-0.39, 0.29) is 11.3 Å². The summed E-state index contributed by atoms with van der Waals surface area (Å²) >= 11 is 0. The summed E-state index contributed by atoms with van der Waals surface area (Å²) in [5.74, 6) is 0.180. The van der Waals surface area contributed by atoms with E-state index in [0.717, 1.165) is 5.39 Å². The highest BCUT2D eigenvalue weighted by atomic mass is 16.3. The minimum absolute atomic E-state index is 0.0874. The van der Waals surface area contributed by atoms with Crippen LogP contribution in [0.4, 0.5) is 0 Å². The SMILES string of the molecule is N=c1oc2ccc(O)cc2cc1-[n+]1ccccc1. The number of pyridine rings is 1. The highest BCUT2D eigenvalue weighted by Gasteiger charge is 2.11. The molecule has 4 heteroatoms. The summed E-state index contributed by atoms with van der Waals surface area (Å²) < 4.78 is 7.24. The van der Waals surface area contributed by atoms with Crippen molar-refractivity contribution in [3.8, 4) is 11.4 Å². The zero-order valence-electron chi connectivity index (χ0n) is 9.50. The van der Waals surface area contributed by atoms with Crippen molar-refractivity contribution in [3.05, 3.63) is 60.4 Å². The first kappa shape index (κ1) is 10.5. The van der Waals surface area contributed by atoms with E-state index in [9.17, 15) is 5.11 Å². The van der Waals surface area contributed by atoms with E-state index in [1.165, 1.54) is 0 Å². The van der Waals surface area contributed by atoms with Crippen LogP contribution in [0.1, 0.15) is 0 Å².